The van der Waals surface area contributed by atoms with E-state index < -0.39 is 16.5 Å². The smallest absolute Gasteiger partial charge is 0.116 e. The fourth-order valence-electron chi connectivity index (χ4n) is 3.76. The zero-order chi connectivity index (χ0) is 14.7. The summed E-state index contributed by atoms with van der Waals surface area (Å²) in [6, 6.07) is 5.03. The predicted molar refractivity (Wildman–Crippen MR) is 87.7 cm³/mol. The van der Waals surface area contributed by atoms with E-state index in [-0.39, 0.29) is 5.54 Å². The molecular formula is C15H28N2Si2. The fourth-order valence-corrected chi connectivity index (χ4v) is 19.5. The summed E-state index contributed by atoms with van der Waals surface area (Å²) < 4.78 is 2.85. The first kappa shape index (κ1) is 16.5. The lowest BCUT2D eigenvalue weighted by Gasteiger charge is -2.47. The third kappa shape index (κ3) is 3.95. The Balaban J connectivity index is 2.83. The van der Waals surface area contributed by atoms with Gasteiger partial charge in [-0.25, -0.2) is 0 Å². The summed E-state index contributed by atoms with van der Waals surface area (Å²) in [5.74, 6) is 6.82. The third-order valence-electron chi connectivity index (χ3n) is 4.10. The van der Waals surface area contributed by atoms with E-state index >= 15 is 0 Å². The van der Waals surface area contributed by atoms with Crippen LogP contribution >= 0.6 is 0 Å². The third-order valence-corrected chi connectivity index (χ3v) is 14.7. The molecule has 2 nitrogen and oxygen atoms in total. The Hall–Kier alpha value is -0.556. The Labute approximate surface area is 121 Å². The Morgan fingerprint density at radius 2 is 1.58 bits per heavy atom. The second-order valence-electron chi connectivity index (χ2n) is 7.33. The molecule has 1 heterocycles. The molecular weight excluding hydrogens is 264 g/mol. The normalized spacial score (nSPS) is 21.5. The maximum atomic E-state index is 8.54. The summed E-state index contributed by atoms with van der Waals surface area (Å²) in [6.45, 7) is 14.6. The van der Waals surface area contributed by atoms with Crippen molar-refractivity contribution in [1.82, 2.24) is 4.23 Å². The van der Waals surface area contributed by atoms with Gasteiger partial charge in [0, 0.05) is 12.8 Å². The first-order chi connectivity index (χ1) is 8.63. The molecule has 0 amide bonds. The molecule has 0 atom stereocenters. The zero-order valence-electron chi connectivity index (χ0n) is 13.4. The molecule has 19 heavy (non-hydrogen) atoms. The molecule has 0 spiro atoms. The van der Waals surface area contributed by atoms with Crippen LogP contribution in [0.4, 0.5) is 0 Å². The van der Waals surface area contributed by atoms with Crippen LogP contribution < -0.4 is 0 Å². The van der Waals surface area contributed by atoms with Gasteiger partial charge >= 0.3 is 0 Å². The lowest BCUT2D eigenvalue weighted by molar-refractivity contribution is 0.416. The van der Waals surface area contributed by atoms with Gasteiger partial charge < -0.3 is 4.23 Å². The van der Waals surface area contributed by atoms with Gasteiger partial charge in [-0.3, -0.25) is 0 Å². The highest BCUT2D eigenvalue weighted by atomic mass is 28.4. The van der Waals surface area contributed by atoms with Gasteiger partial charge in [-0.1, -0.05) is 32.1 Å². The second-order valence-corrected chi connectivity index (χ2v) is 16.9. The van der Waals surface area contributed by atoms with Crippen molar-refractivity contribution >= 4 is 16.5 Å². The van der Waals surface area contributed by atoms with Crippen molar-refractivity contribution in [3.8, 4) is 17.9 Å². The van der Waals surface area contributed by atoms with Crippen molar-refractivity contribution in [1.29, 1.82) is 5.26 Å². The summed E-state index contributed by atoms with van der Waals surface area (Å²) in [5.41, 5.74) is 0.00852. The Morgan fingerprint density at radius 1 is 1.05 bits per heavy atom. The van der Waals surface area contributed by atoms with Crippen molar-refractivity contribution in [3.05, 3.63) is 0 Å². The zero-order valence-corrected chi connectivity index (χ0v) is 15.4. The van der Waals surface area contributed by atoms with Crippen molar-refractivity contribution in [2.75, 3.05) is 0 Å². The van der Waals surface area contributed by atoms with E-state index in [1.54, 1.807) is 0 Å². The fraction of sp³-hybridized carbons (Fsp3) is 0.800. The Bertz CT molecular complexity index is 406. The molecule has 0 aromatic heterocycles. The maximum Gasteiger partial charge on any atom is 0.116 e. The van der Waals surface area contributed by atoms with E-state index in [9.17, 15) is 0 Å². The molecule has 1 saturated heterocycles. The van der Waals surface area contributed by atoms with Crippen LogP contribution in [0.2, 0.25) is 38.3 Å². The first-order valence-corrected chi connectivity index (χ1v) is 13.6. The minimum absolute atomic E-state index is 0.00852. The number of hydrogen-bond acceptors (Lipinski definition) is 2. The largest absolute Gasteiger partial charge is 0.331 e. The van der Waals surface area contributed by atoms with Gasteiger partial charge in [0.05, 0.1) is 11.6 Å². The Kier molecular flexibility index (Phi) is 5.06. The second kappa shape index (κ2) is 5.83. The molecule has 0 radical (unpaired) electrons. The van der Waals surface area contributed by atoms with E-state index in [4.69, 9.17) is 5.26 Å². The molecule has 1 fully saturated rings. The van der Waals surface area contributed by atoms with Gasteiger partial charge in [-0.2, -0.15) is 5.26 Å². The monoisotopic (exact) mass is 292 g/mol. The Morgan fingerprint density at radius 3 is 2.05 bits per heavy atom. The summed E-state index contributed by atoms with van der Waals surface area (Å²) in [7, 11) is -2.55. The predicted octanol–water partition coefficient (Wildman–Crippen LogP) is 4.19. The van der Waals surface area contributed by atoms with Gasteiger partial charge in [0.2, 0.25) is 0 Å². The van der Waals surface area contributed by atoms with Crippen molar-refractivity contribution < 1.29 is 0 Å². The van der Waals surface area contributed by atoms with Crippen LogP contribution in [-0.2, 0) is 0 Å². The van der Waals surface area contributed by atoms with Gasteiger partial charge in [0.25, 0.3) is 0 Å². The van der Waals surface area contributed by atoms with Gasteiger partial charge in [0.15, 0.2) is 0 Å². The SMILES string of the molecule is CC(C)(C#CCCCC#N)N1[Si](C)(C)CC[Si]1(C)C. The molecule has 0 aliphatic carbocycles. The van der Waals surface area contributed by atoms with Crippen molar-refractivity contribution in [2.45, 2.75) is 76.9 Å². The van der Waals surface area contributed by atoms with Crippen LogP contribution in [0.1, 0.15) is 33.1 Å². The molecule has 0 aromatic carbocycles. The first-order valence-electron chi connectivity index (χ1n) is 7.31. The number of hydrogen-bond donors (Lipinski definition) is 0. The van der Waals surface area contributed by atoms with Crippen LogP contribution in [0.15, 0.2) is 0 Å². The highest BCUT2D eigenvalue weighted by Gasteiger charge is 2.52. The van der Waals surface area contributed by atoms with Crippen LogP contribution in [0.5, 0.6) is 0 Å². The molecule has 1 rings (SSSR count). The minimum atomic E-state index is -1.28. The van der Waals surface area contributed by atoms with E-state index in [1.165, 1.54) is 12.1 Å². The average Bonchev–Trinajstić information content (AvgIpc) is 2.47. The summed E-state index contributed by atoms with van der Waals surface area (Å²) in [6.07, 6.45) is 2.38. The summed E-state index contributed by atoms with van der Waals surface area (Å²) in [5, 5.41) is 8.54. The van der Waals surface area contributed by atoms with Crippen molar-refractivity contribution in [2.24, 2.45) is 0 Å². The molecule has 4 heteroatoms. The van der Waals surface area contributed by atoms with Crippen LogP contribution in [0.25, 0.3) is 0 Å². The van der Waals surface area contributed by atoms with Crippen molar-refractivity contribution in [3.63, 3.8) is 0 Å². The minimum Gasteiger partial charge on any atom is -0.331 e. The molecule has 106 valence electrons. The topological polar surface area (TPSA) is 27.0 Å². The standard InChI is InChI=1S/C15H28N2Si2/c1-15(2,11-9-7-8-10-12-16)17-18(3,4)13-14-19(17,5)6/h7-8,10,13-14H2,1-6H3. The molecule has 1 aliphatic rings. The molecule has 0 saturated carbocycles. The highest BCUT2D eigenvalue weighted by Crippen LogP contribution is 2.41. The number of rotatable bonds is 3. The maximum absolute atomic E-state index is 8.54. The quantitative estimate of drug-likeness (QED) is 0.443. The number of nitriles is 1. The lowest BCUT2D eigenvalue weighted by atomic mass is 10.1. The summed E-state index contributed by atoms with van der Waals surface area (Å²) >= 11 is 0. The molecule has 0 N–H and O–H groups in total. The van der Waals surface area contributed by atoms with E-state index in [2.05, 4.69) is 62.2 Å². The molecule has 0 unspecified atom stereocenters. The van der Waals surface area contributed by atoms with Gasteiger partial charge in [0.1, 0.15) is 16.5 Å². The molecule has 0 aromatic rings. The van der Waals surface area contributed by atoms with Crippen LogP contribution in [0, 0.1) is 23.2 Å². The van der Waals surface area contributed by atoms with Gasteiger partial charge in [-0.05, 0) is 32.4 Å². The van der Waals surface area contributed by atoms with Crippen LogP contribution in [-0.4, -0.2) is 26.2 Å². The lowest BCUT2D eigenvalue weighted by Crippen LogP contribution is -2.63. The van der Waals surface area contributed by atoms with E-state index in [0.717, 1.165) is 12.8 Å². The van der Waals surface area contributed by atoms with Gasteiger partial charge in [-0.15, -0.1) is 5.92 Å². The number of unbranched alkanes of at least 4 members (excludes halogenated alkanes) is 2. The van der Waals surface area contributed by atoms with Crippen LogP contribution in [0.3, 0.4) is 0 Å². The van der Waals surface area contributed by atoms with E-state index in [1.807, 2.05) is 0 Å². The number of nitrogens with zero attached hydrogens (tertiary/aromatic N) is 2. The molecule has 0 bridgehead atoms. The molecule has 1 aliphatic heterocycles. The average molecular weight is 293 g/mol. The highest BCUT2D eigenvalue weighted by molar-refractivity contribution is 6.95. The summed E-state index contributed by atoms with van der Waals surface area (Å²) in [4.78, 5) is 0. The van der Waals surface area contributed by atoms with E-state index in [0.29, 0.717) is 6.42 Å².